The molecule has 0 bridgehead atoms. The number of piperazine rings is 1. The Bertz CT molecular complexity index is 1060. The first kappa shape index (κ1) is 23.7. The van der Waals surface area contributed by atoms with E-state index in [9.17, 15) is 9.59 Å². The number of carbonyl (C=O) groups excluding carboxylic acids is 2. The minimum atomic E-state index is 0.0587. The molecule has 174 valence electrons. The highest BCUT2D eigenvalue weighted by Gasteiger charge is 2.23. The summed E-state index contributed by atoms with van der Waals surface area (Å²) in [6, 6.07) is 16.3. The highest BCUT2D eigenvalue weighted by atomic mass is 32.2. The number of thioether (sulfide) groups is 1. The maximum atomic E-state index is 12.9. The summed E-state index contributed by atoms with van der Waals surface area (Å²) in [5.74, 6) is 0.943. The van der Waals surface area contributed by atoms with Gasteiger partial charge in [-0.3, -0.25) is 14.5 Å². The van der Waals surface area contributed by atoms with Gasteiger partial charge in [0.05, 0.1) is 16.8 Å². The summed E-state index contributed by atoms with van der Waals surface area (Å²) in [7, 11) is 0. The molecule has 2 amide bonds. The van der Waals surface area contributed by atoms with Gasteiger partial charge < -0.3 is 10.2 Å². The second kappa shape index (κ2) is 11.1. The van der Waals surface area contributed by atoms with E-state index in [-0.39, 0.29) is 17.9 Å². The molecule has 2 heterocycles. The second-order valence-corrected chi connectivity index (χ2v) is 10.6. The van der Waals surface area contributed by atoms with Crippen molar-refractivity contribution in [2.24, 2.45) is 0 Å². The molecule has 4 rings (SSSR count). The van der Waals surface area contributed by atoms with Crippen molar-refractivity contribution < 1.29 is 9.59 Å². The smallest absolute Gasteiger partial charge is 0.253 e. The van der Waals surface area contributed by atoms with Crippen LogP contribution in [0.3, 0.4) is 0 Å². The Morgan fingerprint density at radius 1 is 1.09 bits per heavy atom. The first-order valence-corrected chi connectivity index (χ1v) is 13.2. The number of para-hydroxylation sites is 1. The Hall–Kier alpha value is -2.42. The monoisotopic (exact) mass is 482 g/mol. The van der Waals surface area contributed by atoms with Crippen LogP contribution in [0, 0.1) is 0 Å². The summed E-state index contributed by atoms with van der Waals surface area (Å²) in [6.45, 7) is 7.19. The van der Waals surface area contributed by atoms with Crippen LogP contribution in [-0.2, 0) is 10.5 Å². The topological polar surface area (TPSA) is 65.5 Å². The number of hydrogen-bond acceptors (Lipinski definition) is 6. The molecule has 1 aliphatic rings. The fraction of sp³-hybridized carbons (Fsp3) is 0.400. The number of nitrogens with zero attached hydrogens (tertiary/aromatic N) is 3. The number of rotatable bonds is 8. The lowest BCUT2D eigenvalue weighted by Crippen LogP contribution is -2.51. The number of carbonyl (C=O) groups is 2. The normalized spacial score (nSPS) is 15.5. The third kappa shape index (κ3) is 6.34. The minimum Gasteiger partial charge on any atom is -0.353 e. The van der Waals surface area contributed by atoms with Crippen LogP contribution in [-0.4, -0.2) is 65.4 Å². The van der Waals surface area contributed by atoms with Gasteiger partial charge in [-0.1, -0.05) is 43.0 Å². The first-order valence-electron chi connectivity index (χ1n) is 11.4. The van der Waals surface area contributed by atoms with E-state index in [0.717, 1.165) is 35.1 Å². The third-order valence-electron chi connectivity index (χ3n) is 5.88. The zero-order valence-electron chi connectivity index (χ0n) is 19.1. The number of aromatic nitrogens is 1. The van der Waals surface area contributed by atoms with Gasteiger partial charge in [-0.25, -0.2) is 4.98 Å². The molecule has 1 N–H and O–H groups in total. The molecular formula is C25H30N4O2S2. The quantitative estimate of drug-likeness (QED) is 0.486. The molecule has 1 fully saturated rings. The zero-order valence-corrected chi connectivity index (χ0v) is 20.8. The predicted molar refractivity (Wildman–Crippen MR) is 136 cm³/mol. The van der Waals surface area contributed by atoms with Gasteiger partial charge >= 0.3 is 0 Å². The summed E-state index contributed by atoms with van der Waals surface area (Å²) >= 11 is 3.44. The number of amides is 2. The Morgan fingerprint density at radius 3 is 2.52 bits per heavy atom. The van der Waals surface area contributed by atoms with Crippen molar-refractivity contribution in [1.29, 1.82) is 0 Å². The molecule has 1 unspecified atom stereocenters. The number of hydrogen-bond donors (Lipinski definition) is 1. The lowest BCUT2D eigenvalue weighted by molar-refractivity contribution is -0.123. The van der Waals surface area contributed by atoms with Gasteiger partial charge in [0.25, 0.3) is 5.91 Å². The van der Waals surface area contributed by atoms with Crippen LogP contribution in [0.25, 0.3) is 10.2 Å². The van der Waals surface area contributed by atoms with E-state index in [4.69, 9.17) is 0 Å². The minimum absolute atomic E-state index is 0.0587. The van der Waals surface area contributed by atoms with E-state index < -0.39 is 0 Å². The van der Waals surface area contributed by atoms with Crippen molar-refractivity contribution in [3.8, 4) is 0 Å². The molecule has 0 saturated carbocycles. The van der Waals surface area contributed by atoms with Gasteiger partial charge in [0.2, 0.25) is 5.91 Å². The van der Waals surface area contributed by atoms with Crippen molar-refractivity contribution in [1.82, 2.24) is 20.1 Å². The van der Waals surface area contributed by atoms with Gasteiger partial charge in [0.1, 0.15) is 0 Å². The fourth-order valence-electron chi connectivity index (χ4n) is 3.72. The lowest BCUT2D eigenvalue weighted by atomic mass is 10.1. The maximum absolute atomic E-state index is 12.9. The van der Waals surface area contributed by atoms with E-state index in [1.54, 1.807) is 23.1 Å². The Labute approximate surface area is 203 Å². The van der Waals surface area contributed by atoms with Crippen molar-refractivity contribution in [3.05, 3.63) is 59.7 Å². The highest BCUT2D eigenvalue weighted by Crippen LogP contribution is 2.31. The van der Waals surface area contributed by atoms with Gasteiger partial charge in [-0.05, 0) is 43.2 Å². The molecule has 0 radical (unpaired) electrons. The van der Waals surface area contributed by atoms with Crippen LogP contribution in [0.15, 0.2) is 52.9 Å². The summed E-state index contributed by atoms with van der Waals surface area (Å²) in [4.78, 5) is 33.7. The number of nitrogens with one attached hydrogen (secondary N) is 1. The lowest BCUT2D eigenvalue weighted by Gasteiger charge is -2.34. The maximum Gasteiger partial charge on any atom is 0.253 e. The summed E-state index contributed by atoms with van der Waals surface area (Å²) in [6.07, 6.45) is 0.924. The Morgan fingerprint density at radius 2 is 1.82 bits per heavy atom. The van der Waals surface area contributed by atoms with Gasteiger partial charge in [-0.2, -0.15) is 0 Å². The van der Waals surface area contributed by atoms with Crippen LogP contribution in [0.1, 0.15) is 36.2 Å². The Balaban J connectivity index is 1.25. The van der Waals surface area contributed by atoms with Crippen molar-refractivity contribution in [2.75, 3.05) is 32.7 Å². The summed E-state index contributed by atoms with van der Waals surface area (Å²) in [5, 5.41) is 3.00. The summed E-state index contributed by atoms with van der Waals surface area (Å²) in [5.41, 5.74) is 2.93. The molecule has 6 nitrogen and oxygen atoms in total. The van der Waals surface area contributed by atoms with Gasteiger partial charge in [-0.15, -0.1) is 11.3 Å². The third-order valence-corrected chi connectivity index (χ3v) is 8.13. The average Bonchev–Trinajstić information content (AvgIpc) is 3.26. The van der Waals surface area contributed by atoms with E-state index in [1.807, 2.05) is 54.3 Å². The SMILES string of the molecule is CCC(C)NC(=O)CN1CCN(C(=O)c2ccc(CSc3nc4ccccc4s3)cc2)CC1. The molecule has 8 heteroatoms. The highest BCUT2D eigenvalue weighted by molar-refractivity contribution is 8.00. The Kier molecular flexibility index (Phi) is 8.01. The standard InChI is InChI=1S/C25H30N4O2S2/c1-3-18(2)26-23(30)16-28-12-14-29(15-13-28)24(31)20-10-8-19(9-11-20)17-32-25-27-21-6-4-5-7-22(21)33-25/h4-11,18H,3,12-17H2,1-2H3,(H,26,30). The predicted octanol–water partition coefficient (Wildman–Crippen LogP) is 4.26. The molecule has 0 spiro atoms. The van der Waals surface area contributed by atoms with E-state index in [1.165, 1.54) is 10.3 Å². The van der Waals surface area contributed by atoms with Crippen LogP contribution < -0.4 is 5.32 Å². The number of thiazole rings is 1. The van der Waals surface area contributed by atoms with Gasteiger partial charge in [0, 0.05) is 43.5 Å². The number of benzene rings is 2. The van der Waals surface area contributed by atoms with Crippen LogP contribution in [0.4, 0.5) is 0 Å². The molecule has 1 aliphatic heterocycles. The molecule has 1 saturated heterocycles. The van der Waals surface area contributed by atoms with Crippen LogP contribution >= 0.6 is 23.1 Å². The molecule has 3 aromatic rings. The van der Waals surface area contributed by atoms with Crippen molar-refractivity contribution in [2.45, 2.75) is 36.4 Å². The second-order valence-electron chi connectivity index (χ2n) is 8.38. The number of fused-ring (bicyclic) bond motifs is 1. The molecule has 1 atom stereocenters. The average molecular weight is 483 g/mol. The van der Waals surface area contributed by atoms with Crippen molar-refractivity contribution in [3.63, 3.8) is 0 Å². The van der Waals surface area contributed by atoms with E-state index in [0.29, 0.717) is 25.2 Å². The molecule has 0 aliphatic carbocycles. The zero-order chi connectivity index (χ0) is 23.2. The van der Waals surface area contributed by atoms with Crippen LogP contribution in [0.2, 0.25) is 0 Å². The first-order chi connectivity index (χ1) is 16.0. The summed E-state index contributed by atoms with van der Waals surface area (Å²) < 4.78 is 2.27. The molecule has 1 aromatic heterocycles. The molecule has 2 aromatic carbocycles. The largest absolute Gasteiger partial charge is 0.353 e. The van der Waals surface area contributed by atoms with E-state index >= 15 is 0 Å². The van der Waals surface area contributed by atoms with E-state index in [2.05, 4.69) is 28.2 Å². The molecule has 33 heavy (non-hydrogen) atoms. The molecular weight excluding hydrogens is 452 g/mol. The van der Waals surface area contributed by atoms with Gasteiger partial charge in [0.15, 0.2) is 4.34 Å². The van der Waals surface area contributed by atoms with Crippen molar-refractivity contribution >= 4 is 45.1 Å². The fourth-order valence-corrected chi connectivity index (χ4v) is 5.74. The van der Waals surface area contributed by atoms with Crippen LogP contribution in [0.5, 0.6) is 0 Å².